The van der Waals surface area contributed by atoms with E-state index in [9.17, 15) is 0 Å². The maximum absolute atomic E-state index is 5.80. The number of thiocarbonyl (C=S) groups is 1. The van der Waals surface area contributed by atoms with Gasteiger partial charge in [-0.2, -0.15) is 5.10 Å². The quantitative estimate of drug-likeness (QED) is 0.871. The number of hydrogen-bond acceptors (Lipinski definition) is 5. The average molecular weight is 295 g/mol. The number of hydrogen-bond donors (Lipinski definition) is 1. The Labute approximate surface area is 122 Å². The van der Waals surface area contributed by atoms with Gasteiger partial charge in [0.25, 0.3) is 0 Å². The van der Waals surface area contributed by atoms with E-state index in [1.807, 2.05) is 32.6 Å². The topological polar surface area (TPSA) is 60.0 Å². The molecule has 0 atom stereocenters. The molecule has 0 unspecified atom stereocenters. The van der Waals surface area contributed by atoms with E-state index in [1.165, 1.54) is 0 Å². The summed E-state index contributed by atoms with van der Waals surface area (Å²) in [6.45, 7) is 4.63. The number of aromatic nitrogens is 3. The molecule has 0 amide bonds. The van der Waals surface area contributed by atoms with Crippen LogP contribution in [0, 0.1) is 13.8 Å². The van der Waals surface area contributed by atoms with Crippen LogP contribution in [0.15, 0.2) is 5.38 Å². The van der Waals surface area contributed by atoms with Crippen LogP contribution in [0.1, 0.15) is 22.0 Å². The molecule has 0 radical (unpaired) electrons. The van der Waals surface area contributed by atoms with Gasteiger partial charge in [-0.1, -0.05) is 12.2 Å². The summed E-state index contributed by atoms with van der Waals surface area (Å²) in [5.41, 5.74) is 8.53. The van der Waals surface area contributed by atoms with Gasteiger partial charge in [-0.05, 0) is 13.8 Å². The van der Waals surface area contributed by atoms with Crippen LogP contribution in [0.5, 0.6) is 0 Å². The Kier molecular flexibility index (Phi) is 3.86. The zero-order valence-electron chi connectivity index (χ0n) is 11.5. The van der Waals surface area contributed by atoms with E-state index in [4.69, 9.17) is 18.0 Å². The number of nitrogens with zero attached hydrogens (tertiary/aromatic N) is 4. The molecule has 102 valence electrons. The minimum absolute atomic E-state index is 0.377. The maximum Gasteiger partial charge on any atom is 0.137 e. The van der Waals surface area contributed by atoms with Crippen molar-refractivity contribution in [1.82, 2.24) is 14.8 Å². The van der Waals surface area contributed by atoms with Gasteiger partial charge in [-0.15, -0.1) is 11.3 Å². The van der Waals surface area contributed by atoms with Crippen molar-refractivity contribution in [3.8, 4) is 0 Å². The molecule has 0 fully saturated rings. The van der Waals surface area contributed by atoms with Crippen LogP contribution >= 0.6 is 23.6 Å². The molecule has 5 nitrogen and oxygen atoms in total. The summed E-state index contributed by atoms with van der Waals surface area (Å²) in [6.07, 6.45) is 0. The van der Waals surface area contributed by atoms with Crippen LogP contribution in [0.2, 0.25) is 0 Å². The Morgan fingerprint density at radius 2 is 2.21 bits per heavy atom. The molecule has 0 saturated carbocycles. The van der Waals surface area contributed by atoms with Crippen molar-refractivity contribution in [2.45, 2.75) is 20.4 Å². The standard InChI is InChI=1S/C12H17N5S2/c1-7-10(11(13)18)12(17(4)15-7)16(3)5-9-6-19-8(2)14-9/h6H,5H2,1-4H3,(H2,13,18). The van der Waals surface area contributed by atoms with Gasteiger partial charge in [0.15, 0.2) is 0 Å². The van der Waals surface area contributed by atoms with E-state index in [0.29, 0.717) is 11.5 Å². The second-order valence-corrected chi connectivity index (χ2v) is 5.99. The van der Waals surface area contributed by atoms with Crippen molar-refractivity contribution in [1.29, 1.82) is 0 Å². The largest absolute Gasteiger partial charge is 0.389 e. The lowest BCUT2D eigenvalue weighted by Gasteiger charge is -2.19. The molecule has 2 aromatic rings. The molecule has 0 spiro atoms. The van der Waals surface area contributed by atoms with Crippen LogP contribution < -0.4 is 10.6 Å². The summed E-state index contributed by atoms with van der Waals surface area (Å²) >= 11 is 6.77. The Morgan fingerprint density at radius 1 is 1.53 bits per heavy atom. The summed E-state index contributed by atoms with van der Waals surface area (Å²) in [5.74, 6) is 0.927. The van der Waals surface area contributed by atoms with Crippen LogP contribution in [0.3, 0.4) is 0 Å². The fourth-order valence-electron chi connectivity index (χ4n) is 2.17. The molecule has 0 saturated heterocycles. The van der Waals surface area contributed by atoms with Crippen LogP contribution in [0.25, 0.3) is 0 Å². The molecular formula is C12H17N5S2. The highest BCUT2D eigenvalue weighted by Gasteiger charge is 2.19. The van der Waals surface area contributed by atoms with Gasteiger partial charge in [0.2, 0.25) is 0 Å². The molecule has 0 aliphatic heterocycles. The van der Waals surface area contributed by atoms with E-state index in [2.05, 4.69) is 20.4 Å². The molecular weight excluding hydrogens is 278 g/mol. The monoisotopic (exact) mass is 295 g/mol. The van der Waals surface area contributed by atoms with Crippen molar-refractivity contribution in [2.75, 3.05) is 11.9 Å². The Bertz CT molecular complexity index is 614. The molecule has 7 heteroatoms. The predicted octanol–water partition coefficient (Wildman–Crippen LogP) is 1.76. The molecule has 0 aliphatic carbocycles. The van der Waals surface area contributed by atoms with Gasteiger partial charge in [0.05, 0.1) is 28.5 Å². The highest BCUT2D eigenvalue weighted by atomic mass is 32.1. The van der Waals surface area contributed by atoms with Gasteiger partial charge in [-0.3, -0.25) is 4.68 Å². The van der Waals surface area contributed by atoms with E-state index >= 15 is 0 Å². The first-order chi connectivity index (χ1) is 8.90. The summed E-state index contributed by atoms with van der Waals surface area (Å²) < 4.78 is 1.81. The highest BCUT2D eigenvalue weighted by molar-refractivity contribution is 7.80. The molecule has 0 bridgehead atoms. The third-order valence-electron chi connectivity index (χ3n) is 2.87. The lowest BCUT2D eigenvalue weighted by atomic mass is 10.2. The molecule has 19 heavy (non-hydrogen) atoms. The third kappa shape index (κ3) is 2.76. The second kappa shape index (κ2) is 5.26. The second-order valence-electron chi connectivity index (χ2n) is 4.49. The highest BCUT2D eigenvalue weighted by Crippen LogP contribution is 2.23. The van der Waals surface area contributed by atoms with Crippen molar-refractivity contribution in [3.63, 3.8) is 0 Å². The van der Waals surface area contributed by atoms with Crippen molar-refractivity contribution in [2.24, 2.45) is 12.8 Å². The van der Waals surface area contributed by atoms with Crippen LogP contribution in [0.4, 0.5) is 5.82 Å². The molecule has 2 heterocycles. The Morgan fingerprint density at radius 3 is 2.74 bits per heavy atom. The van der Waals surface area contributed by atoms with Gasteiger partial charge < -0.3 is 10.6 Å². The Balaban J connectivity index is 2.33. The lowest BCUT2D eigenvalue weighted by Crippen LogP contribution is -2.23. The van der Waals surface area contributed by atoms with Crippen molar-refractivity contribution < 1.29 is 0 Å². The molecule has 2 N–H and O–H groups in total. The molecule has 2 aromatic heterocycles. The minimum atomic E-state index is 0.377. The lowest BCUT2D eigenvalue weighted by molar-refractivity contribution is 0.723. The number of aryl methyl sites for hydroxylation is 3. The smallest absolute Gasteiger partial charge is 0.137 e. The summed E-state index contributed by atoms with van der Waals surface area (Å²) in [7, 11) is 3.89. The molecule has 0 aliphatic rings. The SMILES string of the molecule is Cc1nc(CN(C)c2c(C(N)=S)c(C)nn2C)cs1. The van der Waals surface area contributed by atoms with E-state index < -0.39 is 0 Å². The van der Waals surface area contributed by atoms with Crippen LogP contribution in [-0.2, 0) is 13.6 Å². The number of anilines is 1. The van der Waals surface area contributed by atoms with Gasteiger partial charge in [0.1, 0.15) is 10.8 Å². The fourth-order valence-corrected chi connectivity index (χ4v) is 3.01. The average Bonchev–Trinajstić information content (AvgIpc) is 2.82. The normalized spacial score (nSPS) is 10.7. The van der Waals surface area contributed by atoms with E-state index in [0.717, 1.165) is 27.8 Å². The van der Waals surface area contributed by atoms with E-state index in [1.54, 1.807) is 11.3 Å². The number of thiazole rings is 1. The van der Waals surface area contributed by atoms with Crippen molar-refractivity contribution in [3.05, 3.63) is 27.3 Å². The predicted molar refractivity (Wildman–Crippen MR) is 82.8 cm³/mol. The minimum Gasteiger partial charge on any atom is -0.389 e. The molecule has 0 aromatic carbocycles. The van der Waals surface area contributed by atoms with Crippen molar-refractivity contribution >= 4 is 34.4 Å². The van der Waals surface area contributed by atoms with Crippen LogP contribution in [-0.4, -0.2) is 26.8 Å². The number of rotatable bonds is 4. The van der Waals surface area contributed by atoms with E-state index in [-0.39, 0.29) is 0 Å². The first kappa shape index (κ1) is 14.0. The summed E-state index contributed by atoms with van der Waals surface area (Å²) in [6, 6.07) is 0. The zero-order chi connectivity index (χ0) is 14.2. The zero-order valence-corrected chi connectivity index (χ0v) is 13.1. The van der Waals surface area contributed by atoms with Gasteiger partial charge in [-0.25, -0.2) is 4.98 Å². The number of nitrogens with two attached hydrogens (primary N) is 1. The summed E-state index contributed by atoms with van der Waals surface area (Å²) in [5, 5.41) is 7.52. The maximum atomic E-state index is 5.80. The summed E-state index contributed by atoms with van der Waals surface area (Å²) in [4.78, 5) is 6.92. The Hall–Kier alpha value is -1.47. The third-order valence-corrected chi connectivity index (χ3v) is 3.89. The first-order valence-electron chi connectivity index (χ1n) is 5.85. The fraction of sp³-hybridized carbons (Fsp3) is 0.417. The van der Waals surface area contributed by atoms with Gasteiger partial charge in [0, 0.05) is 19.5 Å². The van der Waals surface area contributed by atoms with Gasteiger partial charge >= 0.3 is 0 Å². The first-order valence-corrected chi connectivity index (χ1v) is 7.14. The molecule has 2 rings (SSSR count).